The van der Waals surface area contributed by atoms with Gasteiger partial charge in [-0.1, -0.05) is 24.6 Å². The number of hydrogen-bond donors (Lipinski definition) is 3. The second-order valence-electron chi connectivity index (χ2n) is 7.67. The number of anilines is 1. The Morgan fingerprint density at radius 3 is 2.90 bits per heavy atom. The predicted molar refractivity (Wildman–Crippen MR) is 115 cm³/mol. The molecule has 1 fully saturated rings. The van der Waals surface area contributed by atoms with Gasteiger partial charge in [0.1, 0.15) is 5.54 Å². The quantitative estimate of drug-likeness (QED) is 0.691. The molecule has 0 aliphatic carbocycles. The minimum Gasteiger partial charge on any atom is -0.378 e. The highest BCUT2D eigenvalue weighted by atomic mass is 35.5. The monoisotopic (exact) mass is 433 g/mol. The first kappa shape index (κ1) is 20.3. The fourth-order valence-corrected chi connectivity index (χ4v) is 4.84. The second-order valence-corrected chi connectivity index (χ2v) is 9.38. The van der Waals surface area contributed by atoms with Crippen molar-refractivity contribution in [2.24, 2.45) is 0 Å². The van der Waals surface area contributed by atoms with E-state index in [9.17, 15) is 9.59 Å². The molecule has 0 radical (unpaired) electrons. The molecule has 2 aliphatic rings. The average Bonchev–Trinajstić information content (AvgIpc) is 3.31. The molecule has 2 aromatic rings. The molecule has 6 nitrogen and oxygen atoms in total. The molecule has 8 heteroatoms. The van der Waals surface area contributed by atoms with Crippen LogP contribution in [0.5, 0.6) is 0 Å². The summed E-state index contributed by atoms with van der Waals surface area (Å²) in [4.78, 5) is 26.3. The van der Waals surface area contributed by atoms with Gasteiger partial charge in [0.05, 0.1) is 15.8 Å². The number of thiophene rings is 1. The van der Waals surface area contributed by atoms with Gasteiger partial charge in [-0.3, -0.25) is 9.59 Å². The molecule has 29 heavy (non-hydrogen) atoms. The van der Waals surface area contributed by atoms with Crippen molar-refractivity contribution < 1.29 is 14.3 Å². The number of fused-ring (bicyclic) bond motifs is 1. The van der Waals surface area contributed by atoms with Crippen molar-refractivity contribution in [3.05, 3.63) is 50.7 Å². The summed E-state index contributed by atoms with van der Waals surface area (Å²) in [5.74, 6) is -0.140. The highest BCUT2D eigenvalue weighted by molar-refractivity contribution is 7.18. The standard InChI is InChI=1S/C21H24ClN3O3S/c1-13-11-23-8-6-14-10-15(2-3-16(13)14)24-20(27)21(7-9-28-12-21)25-19(26)17-4-5-18(22)29-17/h2-5,10,13,23H,6-9,11-12H2,1H3,(H,24,27)(H,25,26)/t13-,21+/m1/s1. The Morgan fingerprint density at radius 2 is 2.17 bits per heavy atom. The van der Waals surface area contributed by atoms with Crippen molar-refractivity contribution in [3.63, 3.8) is 0 Å². The number of benzene rings is 1. The zero-order chi connectivity index (χ0) is 20.4. The summed E-state index contributed by atoms with van der Waals surface area (Å²) < 4.78 is 6.01. The van der Waals surface area contributed by atoms with Crippen molar-refractivity contribution in [1.82, 2.24) is 10.6 Å². The Bertz CT molecular complexity index is 924. The van der Waals surface area contributed by atoms with Gasteiger partial charge in [0.2, 0.25) is 0 Å². The van der Waals surface area contributed by atoms with Gasteiger partial charge in [-0.15, -0.1) is 11.3 Å². The molecule has 2 atom stereocenters. The molecule has 1 saturated heterocycles. The van der Waals surface area contributed by atoms with Crippen LogP contribution in [0.3, 0.4) is 0 Å². The first-order valence-electron chi connectivity index (χ1n) is 9.77. The van der Waals surface area contributed by atoms with Crippen LogP contribution in [-0.4, -0.2) is 43.7 Å². The third-order valence-corrected chi connectivity index (χ3v) is 6.79. The minimum atomic E-state index is -1.09. The van der Waals surface area contributed by atoms with E-state index < -0.39 is 5.54 Å². The Labute approximate surface area is 179 Å². The van der Waals surface area contributed by atoms with Gasteiger partial charge in [-0.25, -0.2) is 0 Å². The molecule has 2 amide bonds. The molecule has 3 heterocycles. The van der Waals surface area contributed by atoms with Crippen LogP contribution in [0.25, 0.3) is 0 Å². The summed E-state index contributed by atoms with van der Waals surface area (Å²) >= 11 is 7.12. The first-order chi connectivity index (χ1) is 14.0. The summed E-state index contributed by atoms with van der Waals surface area (Å²) in [5.41, 5.74) is 2.21. The number of rotatable bonds is 4. The normalized spacial score (nSPS) is 23.9. The van der Waals surface area contributed by atoms with E-state index in [1.54, 1.807) is 12.1 Å². The number of ether oxygens (including phenoxy) is 1. The first-order valence-corrected chi connectivity index (χ1v) is 11.0. The lowest BCUT2D eigenvalue weighted by Gasteiger charge is -2.27. The molecule has 3 N–H and O–H groups in total. The maximum atomic E-state index is 13.2. The lowest BCUT2D eigenvalue weighted by atomic mass is 9.94. The van der Waals surface area contributed by atoms with Crippen LogP contribution < -0.4 is 16.0 Å². The van der Waals surface area contributed by atoms with Gasteiger partial charge < -0.3 is 20.7 Å². The van der Waals surface area contributed by atoms with Crippen molar-refractivity contribution in [2.45, 2.75) is 31.2 Å². The van der Waals surface area contributed by atoms with Crippen molar-refractivity contribution in [1.29, 1.82) is 0 Å². The number of hydrogen-bond acceptors (Lipinski definition) is 5. The summed E-state index contributed by atoms with van der Waals surface area (Å²) in [6.07, 6.45) is 1.35. The van der Waals surface area contributed by atoms with E-state index in [4.69, 9.17) is 16.3 Å². The number of nitrogens with one attached hydrogen (secondary N) is 3. The summed E-state index contributed by atoms with van der Waals surface area (Å²) in [6.45, 7) is 4.65. The Balaban J connectivity index is 1.52. The number of carbonyl (C=O) groups is 2. The fraction of sp³-hybridized carbons (Fsp3) is 0.429. The Hall–Kier alpha value is -1.93. The summed E-state index contributed by atoms with van der Waals surface area (Å²) in [7, 11) is 0. The van der Waals surface area contributed by atoms with Crippen molar-refractivity contribution in [3.8, 4) is 0 Å². The van der Waals surface area contributed by atoms with Crippen LogP contribution >= 0.6 is 22.9 Å². The van der Waals surface area contributed by atoms with E-state index in [-0.39, 0.29) is 18.4 Å². The molecular formula is C21H24ClN3O3S. The van der Waals surface area contributed by atoms with Gasteiger partial charge in [-0.05, 0) is 54.3 Å². The molecule has 2 aliphatic heterocycles. The smallest absolute Gasteiger partial charge is 0.262 e. The number of carbonyl (C=O) groups excluding carboxylic acids is 2. The number of amides is 2. The summed E-state index contributed by atoms with van der Waals surface area (Å²) in [6, 6.07) is 9.40. The maximum Gasteiger partial charge on any atom is 0.262 e. The zero-order valence-corrected chi connectivity index (χ0v) is 17.8. The Kier molecular flexibility index (Phi) is 5.92. The van der Waals surface area contributed by atoms with Crippen LogP contribution in [0.4, 0.5) is 5.69 Å². The molecular weight excluding hydrogens is 410 g/mol. The zero-order valence-electron chi connectivity index (χ0n) is 16.2. The molecule has 0 spiro atoms. The van der Waals surface area contributed by atoms with Crippen LogP contribution in [0.1, 0.15) is 40.1 Å². The third kappa shape index (κ3) is 4.33. The van der Waals surface area contributed by atoms with Gasteiger partial charge in [0, 0.05) is 25.3 Å². The molecule has 0 bridgehead atoms. The van der Waals surface area contributed by atoms with E-state index in [1.165, 1.54) is 22.5 Å². The van der Waals surface area contributed by atoms with Crippen LogP contribution in [0.15, 0.2) is 30.3 Å². The molecule has 1 aromatic heterocycles. The maximum absolute atomic E-state index is 13.2. The van der Waals surface area contributed by atoms with Crippen LogP contribution in [-0.2, 0) is 16.0 Å². The van der Waals surface area contributed by atoms with E-state index in [2.05, 4.69) is 28.9 Å². The van der Waals surface area contributed by atoms with Crippen LogP contribution in [0, 0.1) is 0 Å². The van der Waals surface area contributed by atoms with Gasteiger partial charge in [-0.2, -0.15) is 0 Å². The second kappa shape index (κ2) is 8.44. The largest absolute Gasteiger partial charge is 0.378 e. The minimum absolute atomic E-state index is 0.148. The highest BCUT2D eigenvalue weighted by Crippen LogP contribution is 2.28. The van der Waals surface area contributed by atoms with E-state index >= 15 is 0 Å². The molecule has 1 aromatic carbocycles. The van der Waals surface area contributed by atoms with Gasteiger partial charge in [0.15, 0.2) is 0 Å². The third-order valence-electron chi connectivity index (χ3n) is 5.56. The van der Waals surface area contributed by atoms with E-state index in [0.29, 0.717) is 28.2 Å². The summed E-state index contributed by atoms with van der Waals surface area (Å²) in [5, 5.41) is 9.32. The number of halogens is 1. The Morgan fingerprint density at radius 1 is 1.31 bits per heavy atom. The fourth-order valence-electron chi connectivity index (χ4n) is 3.90. The SMILES string of the molecule is C[C@@H]1CNCCc2cc(NC(=O)[C@]3(NC(=O)c4ccc(Cl)s4)CCOC3)ccc21. The van der Waals surface area contributed by atoms with Crippen molar-refractivity contribution in [2.75, 3.05) is 31.6 Å². The van der Waals surface area contributed by atoms with Crippen LogP contribution in [0.2, 0.25) is 4.34 Å². The van der Waals surface area contributed by atoms with E-state index in [1.807, 2.05) is 12.1 Å². The molecule has 4 rings (SSSR count). The molecule has 154 valence electrons. The van der Waals surface area contributed by atoms with Crippen molar-refractivity contribution >= 4 is 40.4 Å². The topological polar surface area (TPSA) is 79.5 Å². The highest BCUT2D eigenvalue weighted by Gasteiger charge is 2.44. The predicted octanol–water partition coefficient (Wildman–Crippen LogP) is 3.18. The lowest BCUT2D eigenvalue weighted by Crippen LogP contribution is -2.57. The molecule has 0 saturated carbocycles. The average molecular weight is 434 g/mol. The lowest BCUT2D eigenvalue weighted by molar-refractivity contribution is -0.122. The van der Waals surface area contributed by atoms with Gasteiger partial charge >= 0.3 is 0 Å². The molecule has 0 unspecified atom stereocenters. The van der Waals surface area contributed by atoms with E-state index in [0.717, 1.165) is 25.2 Å². The van der Waals surface area contributed by atoms with Gasteiger partial charge in [0.25, 0.3) is 11.8 Å².